The van der Waals surface area contributed by atoms with Crippen LogP contribution in [0.1, 0.15) is 6.42 Å². The molecule has 0 unspecified atom stereocenters. The molecule has 2 heterocycles. The maximum absolute atomic E-state index is 11.8. The van der Waals surface area contributed by atoms with Crippen LogP contribution >= 0.6 is 11.6 Å². The minimum absolute atomic E-state index is 0.0306. The number of aromatic nitrogens is 3. The van der Waals surface area contributed by atoms with Crippen molar-refractivity contribution in [2.75, 3.05) is 38.7 Å². The zero-order valence-corrected chi connectivity index (χ0v) is 11.0. The smallest absolute Gasteiger partial charge is 0.322 e. The van der Waals surface area contributed by atoms with E-state index >= 15 is 0 Å². The van der Waals surface area contributed by atoms with Gasteiger partial charge >= 0.3 is 6.01 Å². The second-order valence-electron chi connectivity index (χ2n) is 3.98. The number of rotatable bonds is 2. The molecule has 2 rings (SSSR count). The Balaban J connectivity index is 2.24. The van der Waals surface area contributed by atoms with E-state index in [1.165, 1.54) is 7.11 Å². The number of ether oxygens (including phenoxy) is 1. The number of hydrogen-bond donors (Lipinski definition) is 0. The Morgan fingerprint density at radius 1 is 1.28 bits per heavy atom. The lowest BCUT2D eigenvalue weighted by Crippen LogP contribution is -2.35. The number of amides is 1. The number of carbonyl (C=O) groups is 1. The van der Waals surface area contributed by atoms with Gasteiger partial charge in [-0.15, -0.1) is 0 Å². The topological polar surface area (TPSA) is 71.5 Å². The molecule has 18 heavy (non-hydrogen) atoms. The highest BCUT2D eigenvalue weighted by atomic mass is 35.5. The Hall–Kier alpha value is -1.63. The van der Waals surface area contributed by atoms with Crippen LogP contribution in [0.4, 0.5) is 5.95 Å². The maximum atomic E-state index is 11.8. The van der Waals surface area contributed by atoms with Gasteiger partial charge in [0.1, 0.15) is 0 Å². The molecule has 1 aromatic heterocycles. The van der Waals surface area contributed by atoms with Gasteiger partial charge in [0.15, 0.2) is 0 Å². The predicted octanol–water partition coefficient (Wildman–Crippen LogP) is 0.202. The van der Waals surface area contributed by atoms with Crippen molar-refractivity contribution in [2.24, 2.45) is 0 Å². The van der Waals surface area contributed by atoms with E-state index in [4.69, 9.17) is 16.3 Å². The van der Waals surface area contributed by atoms with Gasteiger partial charge < -0.3 is 14.5 Å². The highest BCUT2D eigenvalue weighted by molar-refractivity contribution is 6.28. The molecular weight excluding hydrogens is 258 g/mol. The van der Waals surface area contributed by atoms with Gasteiger partial charge in [0.05, 0.1) is 13.7 Å². The number of nitrogens with zero attached hydrogens (tertiary/aromatic N) is 5. The Morgan fingerprint density at radius 3 is 2.78 bits per heavy atom. The molecule has 0 aromatic carbocycles. The molecule has 0 atom stereocenters. The highest BCUT2D eigenvalue weighted by Gasteiger charge is 2.22. The highest BCUT2D eigenvalue weighted by Crippen LogP contribution is 2.16. The second kappa shape index (κ2) is 5.34. The zero-order valence-electron chi connectivity index (χ0n) is 10.3. The van der Waals surface area contributed by atoms with E-state index < -0.39 is 0 Å². The van der Waals surface area contributed by atoms with E-state index in [2.05, 4.69) is 15.0 Å². The summed E-state index contributed by atoms with van der Waals surface area (Å²) in [5, 5.41) is 0.0573. The third-order valence-electron chi connectivity index (χ3n) is 2.71. The minimum Gasteiger partial charge on any atom is -0.467 e. The van der Waals surface area contributed by atoms with Crippen molar-refractivity contribution in [2.45, 2.75) is 6.42 Å². The molecule has 0 bridgehead atoms. The van der Waals surface area contributed by atoms with Crippen molar-refractivity contribution in [1.29, 1.82) is 0 Å². The van der Waals surface area contributed by atoms with Crippen molar-refractivity contribution in [3.05, 3.63) is 5.28 Å². The maximum Gasteiger partial charge on any atom is 0.322 e. The number of carbonyl (C=O) groups excluding carboxylic acids is 1. The number of likely N-dealkylation sites (N-methyl/N-ethyl adjacent to an activating group) is 1. The second-order valence-corrected chi connectivity index (χ2v) is 4.32. The van der Waals surface area contributed by atoms with Gasteiger partial charge in [-0.3, -0.25) is 4.79 Å². The summed E-state index contributed by atoms with van der Waals surface area (Å²) in [6.07, 6.45) is 0.855. The summed E-state index contributed by atoms with van der Waals surface area (Å²) in [6, 6.07) is 0.148. The number of halogens is 1. The zero-order chi connectivity index (χ0) is 13.1. The Kier molecular flexibility index (Phi) is 3.81. The van der Waals surface area contributed by atoms with E-state index in [1.54, 1.807) is 16.8 Å². The SMILES string of the molecule is COc1nc(Cl)nc(N2CCCN(C)C(=O)C2)n1. The van der Waals surface area contributed by atoms with Crippen molar-refractivity contribution in [3.63, 3.8) is 0 Å². The van der Waals surface area contributed by atoms with Crippen LogP contribution in [0.15, 0.2) is 0 Å². The number of hydrogen-bond acceptors (Lipinski definition) is 6. The fraction of sp³-hybridized carbons (Fsp3) is 0.600. The van der Waals surface area contributed by atoms with Crippen molar-refractivity contribution >= 4 is 23.5 Å². The first-order chi connectivity index (χ1) is 8.60. The fourth-order valence-electron chi connectivity index (χ4n) is 1.71. The van der Waals surface area contributed by atoms with Gasteiger partial charge in [-0.1, -0.05) is 0 Å². The fourth-order valence-corrected chi connectivity index (χ4v) is 1.86. The van der Waals surface area contributed by atoms with Gasteiger partial charge in [-0.2, -0.15) is 15.0 Å². The van der Waals surface area contributed by atoms with E-state index in [-0.39, 0.29) is 23.7 Å². The number of anilines is 1. The molecule has 7 nitrogen and oxygen atoms in total. The van der Waals surface area contributed by atoms with Crippen LogP contribution in [0.25, 0.3) is 0 Å². The van der Waals surface area contributed by atoms with Crippen molar-refractivity contribution in [1.82, 2.24) is 19.9 Å². The molecule has 1 aromatic rings. The Labute approximate surface area is 110 Å². The van der Waals surface area contributed by atoms with Crippen LogP contribution in [0.3, 0.4) is 0 Å². The van der Waals surface area contributed by atoms with Gasteiger partial charge in [0.25, 0.3) is 0 Å². The predicted molar refractivity (Wildman–Crippen MR) is 65.9 cm³/mol. The van der Waals surface area contributed by atoms with E-state index in [0.29, 0.717) is 12.5 Å². The first kappa shape index (κ1) is 12.8. The van der Waals surface area contributed by atoms with Crippen LogP contribution in [0, 0.1) is 0 Å². The van der Waals surface area contributed by atoms with Crippen LogP contribution in [-0.2, 0) is 4.79 Å². The molecule has 0 radical (unpaired) electrons. The summed E-state index contributed by atoms with van der Waals surface area (Å²) in [5.41, 5.74) is 0. The molecule has 1 fully saturated rings. The molecule has 0 N–H and O–H groups in total. The monoisotopic (exact) mass is 271 g/mol. The lowest BCUT2D eigenvalue weighted by molar-refractivity contribution is -0.127. The summed E-state index contributed by atoms with van der Waals surface area (Å²) >= 11 is 5.79. The quantitative estimate of drug-likeness (QED) is 0.765. The van der Waals surface area contributed by atoms with Crippen LogP contribution in [0.2, 0.25) is 5.28 Å². The molecule has 0 aliphatic carbocycles. The van der Waals surface area contributed by atoms with E-state index in [1.807, 2.05) is 0 Å². The van der Waals surface area contributed by atoms with Gasteiger partial charge in [0.2, 0.25) is 17.1 Å². The standard InChI is InChI=1S/C10H14ClN5O2/c1-15-4-3-5-16(6-7(15)17)9-12-8(11)13-10(14-9)18-2/h3-6H2,1-2H3. The normalized spacial score (nSPS) is 16.7. The molecule has 1 aliphatic rings. The number of methoxy groups -OCH3 is 1. The molecule has 0 spiro atoms. The van der Waals surface area contributed by atoms with E-state index in [9.17, 15) is 4.79 Å². The average Bonchev–Trinajstić information content (AvgIpc) is 2.51. The summed E-state index contributed by atoms with van der Waals surface area (Å²) in [5.74, 6) is 0.401. The van der Waals surface area contributed by atoms with Crippen LogP contribution in [-0.4, -0.2) is 59.6 Å². The molecule has 1 amide bonds. The Bertz CT molecular complexity index is 456. The molecule has 1 saturated heterocycles. The summed E-state index contributed by atoms with van der Waals surface area (Å²) in [7, 11) is 3.24. The van der Waals surface area contributed by atoms with Crippen LogP contribution < -0.4 is 9.64 Å². The third kappa shape index (κ3) is 2.79. The molecule has 98 valence electrons. The average molecular weight is 272 g/mol. The largest absolute Gasteiger partial charge is 0.467 e. The van der Waals surface area contributed by atoms with Gasteiger partial charge in [0, 0.05) is 20.1 Å². The van der Waals surface area contributed by atoms with Gasteiger partial charge in [-0.05, 0) is 18.0 Å². The molecule has 1 aliphatic heterocycles. The van der Waals surface area contributed by atoms with Gasteiger partial charge in [-0.25, -0.2) is 0 Å². The van der Waals surface area contributed by atoms with Crippen molar-refractivity contribution < 1.29 is 9.53 Å². The van der Waals surface area contributed by atoms with Crippen molar-refractivity contribution in [3.8, 4) is 6.01 Å². The summed E-state index contributed by atoms with van der Waals surface area (Å²) < 4.78 is 4.94. The first-order valence-electron chi connectivity index (χ1n) is 5.54. The lowest BCUT2D eigenvalue weighted by atomic mass is 10.4. The third-order valence-corrected chi connectivity index (χ3v) is 2.88. The van der Waals surface area contributed by atoms with E-state index in [0.717, 1.165) is 13.0 Å². The Morgan fingerprint density at radius 2 is 2.06 bits per heavy atom. The minimum atomic E-state index is 0.0306. The first-order valence-corrected chi connectivity index (χ1v) is 5.92. The van der Waals surface area contributed by atoms with Crippen LogP contribution in [0.5, 0.6) is 6.01 Å². The molecular formula is C10H14ClN5O2. The molecule has 0 saturated carbocycles. The molecule has 8 heteroatoms. The lowest BCUT2D eigenvalue weighted by Gasteiger charge is -2.19. The summed E-state index contributed by atoms with van der Waals surface area (Å²) in [6.45, 7) is 1.66. The summed E-state index contributed by atoms with van der Waals surface area (Å²) in [4.78, 5) is 27.2.